The Bertz CT molecular complexity index is 1260. The highest BCUT2D eigenvalue weighted by Crippen LogP contribution is 2.44. The number of nitrogens with zero attached hydrogens (tertiary/aromatic N) is 2. The molecule has 0 aliphatic carbocycles. The third-order valence-corrected chi connectivity index (χ3v) is 7.44. The highest BCUT2D eigenvalue weighted by atomic mass is 19.4. The van der Waals surface area contributed by atoms with Gasteiger partial charge in [0.2, 0.25) is 0 Å². The van der Waals surface area contributed by atoms with Crippen LogP contribution in [0.3, 0.4) is 0 Å². The van der Waals surface area contributed by atoms with Crippen molar-refractivity contribution in [2.24, 2.45) is 0 Å². The SMILES string of the molecule is CCCCN1CC(Nc2cc(F)c([C@H]3c4[nH]c5ccc(F)cc5c4C[C@H](C)N3CC(F)(F)F)c(F)c2)C1. The summed E-state index contributed by atoms with van der Waals surface area (Å²) in [5.74, 6) is -2.34. The van der Waals surface area contributed by atoms with Crippen molar-refractivity contribution in [2.45, 2.75) is 57.4 Å². The van der Waals surface area contributed by atoms with Crippen LogP contribution >= 0.6 is 0 Å². The molecule has 10 heteroatoms. The van der Waals surface area contributed by atoms with Crippen molar-refractivity contribution in [1.29, 1.82) is 0 Å². The minimum atomic E-state index is -4.58. The number of rotatable bonds is 7. The molecule has 0 amide bonds. The van der Waals surface area contributed by atoms with Crippen molar-refractivity contribution < 1.29 is 26.3 Å². The van der Waals surface area contributed by atoms with Crippen molar-refractivity contribution in [3.63, 3.8) is 0 Å². The fourth-order valence-electron chi connectivity index (χ4n) is 5.68. The fraction of sp³-hybridized carbons (Fsp3) is 0.481. The van der Waals surface area contributed by atoms with E-state index in [9.17, 15) is 17.6 Å². The molecule has 0 spiro atoms. The van der Waals surface area contributed by atoms with Gasteiger partial charge in [0, 0.05) is 47.0 Å². The topological polar surface area (TPSA) is 34.3 Å². The van der Waals surface area contributed by atoms with Crippen LogP contribution < -0.4 is 5.32 Å². The van der Waals surface area contributed by atoms with Crippen molar-refractivity contribution in [3.8, 4) is 0 Å². The molecule has 0 bridgehead atoms. The summed E-state index contributed by atoms with van der Waals surface area (Å²) in [7, 11) is 0. The smallest absolute Gasteiger partial charge is 0.380 e. The van der Waals surface area contributed by atoms with Crippen LogP contribution in [0.1, 0.15) is 49.6 Å². The lowest BCUT2D eigenvalue weighted by molar-refractivity contribution is -0.155. The average molecular weight is 525 g/mol. The fourth-order valence-corrected chi connectivity index (χ4v) is 5.68. The van der Waals surface area contributed by atoms with Gasteiger partial charge < -0.3 is 10.3 Å². The van der Waals surface area contributed by atoms with E-state index in [1.54, 1.807) is 6.92 Å². The predicted molar refractivity (Wildman–Crippen MR) is 131 cm³/mol. The number of unbranched alkanes of at least 4 members (excludes halogenated alkanes) is 1. The Labute approximate surface area is 211 Å². The Morgan fingerprint density at radius 2 is 1.76 bits per heavy atom. The first kappa shape index (κ1) is 25.9. The second-order valence-corrected chi connectivity index (χ2v) is 10.3. The van der Waals surface area contributed by atoms with E-state index in [-0.39, 0.29) is 23.8 Å². The minimum Gasteiger partial charge on any atom is -0.380 e. The van der Waals surface area contributed by atoms with Gasteiger partial charge in [-0.05, 0) is 62.2 Å². The number of halogens is 6. The van der Waals surface area contributed by atoms with E-state index >= 15 is 8.78 Å². The van der Waals surface area contributed by atoms with Gasteiger partial charge in [0.15, 0.2) is 0 Å². The van der Waals surface area contributed by atoms with Crippen molar-refractivity contribution in [2.75, 3.05) is 31.5 Å². The van der Waals surface area contributed by atoms with E-state index in [2.05, 4.69) is 22.1 Å². The van der Waals surface area contributed by atoms with E-state index in [1.807, 2.05) is 0 Å². The van der Waals surface area contributed by atoms with E-state index in [0.717, 1.165) is 49.5 Å². The molecular formula is C27H30F6N4. The third kappa shape index (κ3) is 5.18. The van der Waals surface area contributed by atoms with Gasteiger partial charge in [-0.1, -0.05) is 13.3 Å². The average Bonchev–Trinajstić information content (AvgIpc) is 3.13. The summed E-state index contributed by atoms with van der Waals surface area (Å²) < 4.78 is 86.0. The largest absolute Gasteiger partial charge is 0.401 e. The van der Waals surface area contributed by atoms with Crippen LogP contribution in [-0.4, -0.2) is 59.2 Å². The Kier molecular flexibility index (Phi) is 6.91. The van der Waals surface area contributed by atoms with Gasteiger partial charge in [-0.15, -0.1) is 0 Å². The monoisotopic (exact) mass is 524 g/mol. The molecule has 0 saturated carbocycles. The standard InChI is InChI=1S/C27H30F6N4/c1-3-4-7-36-12-18(13-36)34-17-10-21(29)24(22(30)11-17)26-25-20(8-15(2)37(26)14-27(31,32)33)19-9-16(28)5-6-23(19)35-25/h5-6,9-11,15,18,26,34-35H,3-4,7-8,12-14H2,1-2H3/t15-,26-/m0/s1. The summed E-state index contributed by atoms with van der Waals surface area (Å²) in [4.78, 5) is 6.36. The zero-order chi connectivity index (χ0) is 26.5. The second-order valence-electron chi connectivity index (χ2n) is 10.3. The number of benzene rings is 2. The Balaban J connectivity index is 1.51. The predicted octanol–water partition coefficient (Wildman–Crippen LogP) is 6.38. The van der Waals surface area contributed by atoms with Crippen LogP contribution in [0.25, 0.3) is 10.9 Å². The van der Waals surface area contributed by atoms with E-state index in [4.69, 9.17) is 0 Å². The molecule has 2 aromatic carbocycles. The molecular weight excluding hydrogens is 494 g/mol. The molecule has 2 atom stereocenters. The quantitative estimate of drug-likeness (QED) is 0.352. The van der Waals surface area contributed by atoms with Crippen LogP contribution in [-0.2, 0) is 6.42 Å². The maximum absolute atomic E-state index is 15.6. The molecule has 2 aliphatic heterocycles. The molecule has 3 heterocycles. The molecule has 3 aromatic rings. The Morgan fingerprint density at radius 3 is 2.41 bits per heavy atom. The molecule has 200 valence electrons. The van der Waals surface area contributed by atoms with Gasteiger partial charge in [0.1, 0.15) is 17.5 Å². The van der Waals surface area contributed by atoms with Crippen LogP contribution in [0.5, 0.6) is 0 Å². The van der Waals surface area contributed by atoms with Gasteiger partial charge >= 0.3 is 6.18 Å². The summed E-state index contributed by atoms with van der Waals surface area (Å²) in [6, 6.07) is 4.34. The molecule has 1 fully saturated rings. The molecule has 0 unspecified atom stereocenters. The maximum Gasteiger partial charge on any atom is 0.401 e. The second kappa shape index (κ2) is 9.87. The highest BCUT2D eigenvalue weighted by Gasteiger charge is 2.44. The number of H-pyrrole nitrogens is 1. The number of likely N-dealkylation sites (tertiary alicyclic amines) is 1. The molecule has 5 rings (SSSR count). The number of alkyl halides is 3. The summed E-state index contributed by atoms with van der Waals surface area (Å²) in [6.45, 7) is 4.87. The molecule has 1 saturated heterocycles. The number of fused-ring (bicyclic) bond motifs is 3. The summed E-state index contributed by atoms with van der Waals surface area (Å²) >= 11 is 0. The zero-order valence-corrected chi connectivity index (χ0v) is 20.7. The Hall–Kier alpha value is -2.72. The first-order valence-corrected chi connectivity index (χ1v) is 12.6. The first-order chi connectivity index (χ1) is 17.5. The van der Waals surface area contributed by atoms with E-state index in [0.29, 0.717) is 16.5 Å². The van der Waals surface area contributed by atoms with Crippen molar-refractivity contribution in [1.82, 2.24) is 14.8 Å². The lowest BCUT2D eigenvalue weighted by Gasteiger charge is -2.41. The number of nitrogens with one attached hydrogen (secondary N) is 2. The van der Waals surface area contributed by atoms with Gasteiger partial charge in [0.05, 0.1) is 18.6 Å². The number of anilines is 1. The molecule has 0 radical (unpaired) electrons. The summed E-state index contributed by atoms with van der Waals surface area (Å²) in [5, 5.41) is 3.65. The van der Waals surface area contributed by atoms with Crippen LogP contribution in [0, 0.1) is 17.5 Å². The maximum atomic E-state index is 15.6. The number of aromatic nitrogens is 1. The number of aromatic amines is 1. The third-order valence-electron chi connectivity index (χ3n) is 7.44. The van der Waals surface area contributed by atoms with Crippen molar-refractivity contribution in [3.05, 3.63) is 64.6 Å². The van der Waals surface area contributed by atoms with Crippen LogP contribution in [0.15, 0.2) is 30.3 Å². The molecule has 2 aliphatic rings. The number of hydrogen-bond acceptors (Lipinski definition) is 3. The number of hydrogen-bond donors (Lipinski definition) is 2. The Morgan fingerprint density at radius 1 is 1.05 bits per heavy atom. The van der Waals surface area contributed by atoms with E-state index < -0.39 is 47.8 Å². The highest BCUT2D eigenvalue weighted by molar-refractivity contribution is 5.85. The molecule has 2 N–H and O–H groups in total. The molecule has 1 aromatic heterocycles. The van der Waals surface area contributed by atoms with Gasteiger partial charge in [-0.25, -0.2) is 13.2 Å². The van der Waals surface area contributed by atoms with Crippen LogP contribution in [0.2, 0.25) is 0 Å². The molecule has 4 nitrogen and oxygen atoms in total. The summed E-state index contributed by atoms with van der Waals surface area (Å²) in [6.07, 6.45) is -2.22. The van der Waals surface area contributed by atoms with E-state index in [1.165, 1.54) is 18.2 Å². The lowest BCUT2D eigenvalue weighted by atomic mass is 9.88. The lowest BCUT2D eigenvalue weighted by Crippen LogP contribution is -2.54. The summed E-state index contributed by atoms with van der Waals surface area (Å²) in [5.41, 5.74) is 1.14. The molecule has 37 heavy (non-hydrogen) atoms. The van der Waals surface area contributed by atoms with Gasteiger partial charge in [-0.3, -0.25) is 9.80 Å². The van der Waals surface area contributed by atoms with Gasteiger partial charge in [0.25, 0.3) is 0 Å². The normalized spacial score (nSPS) is 21.3. The minimum absolute atomic E-state index is 0.0492. The van der Waals surface area contributed by atoms with Crippen molar-refractivity contribution >= 4 is 16.6 Å². The zero-order valence-electron chi connectivity index (χ0n) is 20.7. The van der Waals surface area contributed by atoms with Gasteiger partial charge in [-0.2, -0.15) is 13.2 Å². The van der Waals surface area contributed by atoms with Crippen LogP contribution in [0.4, 0.5) is 32.0 Å². The first-order valence-electron chi connectivity index (χ1n) is 12.6.